The number of methoxy groups -OCH3 is 4. The van der Waals surface area contributed by atoms with Crippen molar-refractivity contribution in [3.63, 3.8) is 0 Å². The van der Waals surface area contributed by atoms with Gasteiger partial charge in [-0.1, -0.05) is 0 Å². The SMILES string of the molecule is [2H]C([2H])([2H])Oc1cc2c(cc1OC)CCN(CCC([2H])([2H])N(C([2H])([2H])[2H])C([2H])([2H])C1Cc3cc(OC)c(OC([2H])([2H])[2H])cc31)C(=O)C2. The Kier molecular flexibility index (Phi) is 3.94. The molecule has 7 heteroatoms. The molecule has 0 spiro atoms. The van der Waals surface area contributed by atoms with Crippen molar-refractivity contribution in [2.75, 3.05) is 61.4 Å². The van der Waals surface area contributed by atoms with Gasteiger partial charge in [-0.25, -0.2) is 0 Å². The quantitative estimate of drug-likeness (QED) is 0.519. The molecule has 184 valence electrons. The monoisotopic (exact) mass is 481 g/mol. The smallest absolute Gasteiger partial charge is 0.227 e. The third-order valence-corrected chi connectivity index (χ3v) is 6.21. The molecule has 1 aliphatic carbocycles. The van der Waals surface area contributed by atoms with Crippen molar-refractivity contribution in [2.24, 2.45) is 0 Å². The summed E-state index contributed by atoms with van der Waals surface area (Å²) in [5.74, 6) is -1.56. The maximum absolute atomic E-state index is 13.3. The highest BCUT2D eigenvalue weighted by Gasteiger charge is 2.29. The molecule has 0 saturated heterocycles. The molecule has 0 saturated carbocycles. The molecule has 1 amide bonds. The highest BCUT2D eigenvalue weighted by atomic mass is 16.5. The first-order valence-electron chi connectivity index (χ1n) is 17.3. The Morgan fingerprint density at radius 2 is 1.68 bits per heavy atom. The van der Waals surface area contributed by atoms with Gasteiger partial charge >= 0.3 is 0 Å². The van der Waals surface area contributed by atoms with E-state index in [9.17, 15) is 4.79 Å². The molecule has 1 atom stereocenters. The minimum atomic E-state index is -3.25. The zero-order valence-corrected chi connectivity index (χ0v) is 19.1. The fraction of sp³-hybridized carbons (Fsp3) is 0.519. The third-order valence-electron chi connectivity index (χ3n) is 6.21. The van der Waals surface area contributed by atoms with Crippen molar-refractivity contribution >= 4 is 5.91 Å². The zero-order valence-electron chi connectivity index (χ0n) is 32.1. The first-order valence-corrected chi connectivity index (χ1v) is 10.8. The van der Waals surface area contributed by atoms with Crippen LogP contribution in [0.3, 0.4) is 0 Å². The fourth-order valence-electron chi connectivity index (χ4n) is 4.34. The molecule has 0 N–H and O–H groups in total. The summed E-state index contributed by atoms with van der Waals surface area (Å²) in [4.78, 5) is 14.8. The van der Waals surface area contributed by atoms with Crippen LogP contribution < -0.4 is 18.9 Å². The normalized spacial score (nSPS) is 24.6. The lowest BCUT2D eigenvalue weighted by Crippen LogP contribution is -2.36. The summed E-state index contributed by atoms with van der Waals surface area (Å²) in [6.45, 7) is -8.93. The maximum atomic E-state index is 13.3. The molecule has 1 unspecified atom stereocenters. The van der Waals surface area contributed by atoms with Gasteiger partial charge in [0, 0.05) is 35.1 Å². The second-order valence-electron chi connectivity index (χ2n) is 8.11. The summed E-state index contributed by atoms with van der Waals surface area (Å²) in [6.07, 6.45) is -0.387. The summed E-state index contributed by atoms with van der Waals surface area (Å²) in [5.41, 5.74) is 2.03. The second-order valence-corrected chi connectivity index (χ2v) is 8.11. The molecular formula is C27H36N2O5. The first-order chi connectivity index (χ1) is 21.5. The molecule has 2 aliphatic rings. The van der Waals surface area contributed by atoms with Crippen LogP contribution in [0.2, 0.25) is 0 Å². The molecule has 0 bridgehead atoms. The summed E-state index contributed by atoms with van der Waals surface area (Å²) >= 11 is 0. The van der Waals surface area contributed by atoms with E-state index in [-0.39, 0.29) is 59.4 Å². The highest BCUT2D eigenvalue weighted by Crippen LogP contribution is 2.42. The van der Waals surface area contributed by atoms with Gasteiger partial charge < -0.3 is 28.7 Å². The van der Waals surface area contributed by atoms with Crippen LogP contribution in [0.25, 0.3) is 0 Å². The average molecular weight is 482 g/mol. The number of benzene rings is 2. The summed E-state index contributed by atoms with van der Waals surface area (Å²) in [7, 11) is -2.93. The van der Waals surface area contributed by atoms with E-state index in [4.69, 9.17) is 36.8 Å². The van der Waals surface area contributed by atoms with Gasteiger partial charge in [-0.2, -0.15) is 0 Å². The van der Waals surface area contributed by atoms with Gasteiger partial charge in [0.2, 0.25) is 5.91 Å². The van der Waals surface area contributed by atoms with Crippen LogP contribution in [0.5, 0.6) is 23.0 Å². The van der Waals surface area contributed by atoms with Crippen molar-refractivity contribution in [3.05, 3.63) is 46.5 Å². The number of carbonyl (C=O) groups excluding carboxylic acids is 1. The lowest BCUT2D eigenvalue weighted by Gasteiger charge is -2.34. The Labute approximate surface area is 220 Å². The van der Waals surface area contributed by atoms with E-state index in [1.54, 1.807) is 6.07 Å². The van der Waals surface area contributed by atoms with Crippen LogP contribution in [0.15, 0.2) is 24.3 Å². The van der Waals surface area contributed by atoms with Gasteiger partial charge in [-0.15, -0.1) is 0 Å². The lowest BCUT2D eigenvalue weighted by atomic mass is 9.77. The molecular weight excluding hydrogens is 432 g/mol. The number of fused-ring (bicyclic) bond motifs is 2. The molecule has 2 aromatic carbocycles. The number of nitrogens with zero attached hydrogens (tertiary/aromatic N) is 2. The van der Waals surface area contributed by atoms with E-state index in [0.29, 0.717) is 23.1 Å². The van der Waals surface area contributed by atoms with Gasteiger partial charge in [-0.05, 0) is 79.3 Å². The molecule has 1 heterocycles. The Morgan fingerprint density at radius 3 is 2.38 bits per heavy atom. The summed E-state index contributed by atoms with van der Waals surface area (Å²) in [5, 5.41) is 0. The van der Waals surface area contributed by atoms with Crippen LogP contribution in [0.4, 0.5) is 0 Å². The van der Waals surface area contributed by atoms with Crippen LogP contribution >= 0.6 is 0 Å². The molecule has 0 fully saturated rings. The molecule has 1 aliphatic heterocycles. The van der Waals surface area contributed by atoms with Crippen molar-refractivity contribution in [1.29, 1.82) is 0 Å². The Bertz CT molecular complexity index is 1490. The standard InChI is InChI=1S/C27H36N2O5/c1-28(17-21-11-20-14-25(33-4)26(34-5)16-22(20)21)8-6-9-29-10-7-18-12-23(31-2)24(32-3)13-19(18)15-27(29)30/h12-14,16,21H,6-11,15,17H2,1-5H3/i1D3,3D3,5D3,8D2,17D2. The number of hydrogen-bond donors (Lipinski definition) is 0. The third kappa shape index (κ3) is 4.94. The molecule has 0 aromatic heterocycles. The van der Waals surface area contributed by atoms with E-state index >= 15 is 0 Å². The minimum Gasteiger partial charge on any atom is -0.493 e. The molecule has 7 nitrogen and oxygen atoms in total. The lowest BCUT2D eigenvalue weighted by molar-refractivity contribution is -0.130. The predicted octanol–water partition coefficient (Wildman–Crippen LogP) is 3.31. The molecule has 34 heavy (non-hydrogen) atoms. The number of rotatable bonds is 10. The summed E-state index contributed by atoms with van der Waals surface area (Å²) < 4.78 is 125. The fourth-order valence-corrected chi connectivity index (χ4v) is 4.34. The minimum absolute atomic E-state index is 0.0230. The molecule has 4 rings (SSSR count). The predicted molar refractivity (Wildman–Crippen MR) is 132 cm³/mol. The average Bonchev–Trinajstić information content (AvgIpc) is 3.03. The molecule has 2 aromatic rings. The van der Waals surface area contributed by atoms with E-state index < -0.39 is 52.3 Å². The van der Waals surface area contributed by atoms with Crippen molar-refractivity contribution in [3.8, 4) is 23.0 Å². The van der Waals surface area contributed by atoms with Gasteiger partial charge in [-0.3, -0.25) is 4.79 Å². The van der Waals surface area contributed by atoms with Gasteiger partial charge in [0.05, 0.1) is 42.9 Å². The molecule has 0 radical (unpaired) electrons. The van der Waals surface area contributed by atoms with Crippen molar-refractivity contribution < 1.29 is 41.6 Å². The van der Waals surface area contributed by atoms with E-state index in [0.717, 1.165) is 0 Å². The van der Waals surface area contributed by atoms with E-state index in [1.165, 1.54) is 37.3 Å². The summed E-state index contributed by atoms with van der Waals surface area (Å²) in [6, 6.07) is 5.76. The van der Waals surface area contributed by atoms with Crippen LogP contribution in [-0.2, 0) is 24.1 Å². The first kappa shape index (κ1) is 12.7. The number of amides is 1. The second kappa shape index (κ2) is 10.6. The highest BCUT2D eigenvalue weighted by molar-refractivity contribution is 5.80. The number of carbonyl (C=O) groups is 1. The maximum Gasteiger partial charge on any atom is 0.227 e. The van der Waals surface area contributed by atoms with Gasteiger partial charge in [0.1, 0.15) is 0 Å². The van der Waals surface area contributed by atoms with Crippen molar-refractivity contribution in [1.82, 2.24) is 9.80 Å². The van der Waals surface area contributed by atoms with E-state index in [1.807, 2.05) is 0 Å². The van der Waals surface area contributed by atoms with Gasteiger partial charge in [0.15, 0.2) is 23.0 Å². The number of likely N-dealkylation sites (N-methyl/N-ethyl adjacent to an activating group) is 1. The Hall–Kier alpha value is -2.93. The largest absolute Gasteiger partial charge is 0.493 e. The zero-order chi connectivity index (χ0) is 35.3. The topological polar surface area (TPSA) is 60.5 Å². The number of hydrogen-bond acceptors (Lipinski definition) is 6. The van der Waals surface area contributed by atoms with Crippen LogP contribution in [0.1, 0.15) is 52.4 Å². The van der Waals surface area contributed by atoms with Gasteiger partial charge in [0.25, 0.3) is 0 Å². The number of ether oxygens (including phenoxy) is 4. The Balaban J connectivity index is 1.55. The van der Waals surface area contributed by atoms with E-state index in [2.05, 4.69) is 0 Å². The van der Waals surface area contributed by atoms with Crippen molar-refractivity contribution in [2.45, 2.75) is 31.6 Å². The van der Waals surface area contributed by atoms with Crippen LogP contribution in [0, 0.1) is 0 Å². The van der Waals surface area contributed by atoms with Crippen LogP contribution in [-0.4, -0.2) is 77.1 Å². The Morgan fingerprint density at radius 1 is 1.00 bits per heavy atom.